The van der Waals surface area contributed by atoms with E-state index in [1.165, 1.54) is 10.3 Å². The van der Waals surface area contributed by atoms with Crippen molar-refractivity contribution in [3.63, 3.8) is 0 Å². The van der Waals surface area contributed by atoms with Gasteiger partial charge in [0.05, 0.1) is 22.5 Å². The second kappa shape index (κ2) is 8.69. The molecule has 2 aromatic carbocycles. The Hall–Kier alpha value is -2.80. The normalized spacial score (nSPS) is 14.3. The Labute approximate surface area is 175 Å². The quantitative estimate of drug-likeness (QED) is 0.667. The number of fused-ring (bicyclic) bond motifs is 1. The van der Waals surface area contributed by atoms with Crippen LogP contribution in [0.25, 0.3) is 10.2 Å². The molecular formula is C22H26N4O2S. The van der Waals surface area contributed by atoms with Gasteiger partial charge in [-0.2, -0.15) is 0 Å². The lowest BCUT2D eigenvalue weighted by Crippen LogP contribution is -2.50. The van der Waals surface area contributed by atoms with Crippen LogP contribution in [0, 0.1) is 0 Å². The number of carbonyl (C=O) groups excluding carboxylic acids is 1. The summed E-state index contributed by atoms with van der Waals surface area (Å²) in [4.78, 5) is 21.6. The molecule has 3 aromatic rings. The van der Waals surface area contributed by atoms with Crippen LogP contribution in [-0.4, -0.2) is 48.7 Å². The van der Waals surface area contributed by atoms with Gasteiger partial charge in [0.15, 0.2) is 5.13 Å². The van der Waals surface area contributed by atoms with E-state index in [0.29, 0.717) is 31.1 Å². The van der Waals surface area contributed by atoms with Crippen LogP contribution in [0.2, 0.25) is 0 Å². The first-order valence-electron chi connectivity index (χ1n) is 10.1. The van der Waals surface area contributed by atoms with E-state index in [0.717, 1.165) is 30.2 Å². The van der Waals surface area contributed by atoms with Gasteiger partial charge in [0, 0.05) is 26.2 Å². The third-order valence-electron chi connectivity index (χ3n) is 5.12. The second-order valence-electron chi connectivity index (χ2n) is 6.99. The molecule has 2 heterocycles. The standard InChI is InChI=1S/C22H26N4O2S/c1-3-16-9-10-18-20(15-16)29-22(24-18)26-13-11-25(12-14-26)21(27)23-17-7-5-6-8-19(17)28-4-2/h5-10,15H,3-4,11-14H2,1-2H3,(H,23,27). The molecule has 1 aromatic heterocycles. The van der Waals surface area contributed by atoms with Crippen molar-refractivity contribution in [1.29, 1.82) is 0 Å². The molecule has 29 heavy (non-hydrogen) atoms. The third-order valence-corrected chi connectivity index (χ3v) is 6.19. The van der Waals surface area contributed by atoms with Crippen molar-refractivity contribution in [2.24, 2.45) is 0 Å². The maximum Gasteiger partial charge on any atom is 0.322 e. The van der Waals surface area contributed by atoms with Gasteiger partial charge in [0.25, 0.3) is 0 Å². The van der Waals surface area contributed by atoms with Crippen molar-refractivity contribution in [2.75, 3.05) is 43.0 Å². The minimum absolute atomic E-state index is 0.0892. The van der Waals surface area contributed by atoms with Crippen LogP contribution < -0.4 is 15.0 Å². The lowest BCUT2D eigenvalue weighted by Gasteiger charge is -2.34. The Morgan fingerprint density at radius 1 is 1.14 bits per heavy atom. The molecule has 4 rings (SSSR count). The molecule has 1 fully saturated rings. The fourth-order valence-corrected chi connectivity index (χ4v) is 4.54. The summed E-state index contributed by atoms with van der Waals surface area (Å²) >= 11 is 1.73. The summed E-state index contributed by atoms with van der Waals surface area (Å²) in [5.41, 5.74) is 3.09. The summed E-state index contributed by atoms with van der Waals surface area (Å²) in [5, 5.41) is 4.02. The Morgan fingerprint density at radius 2 is 1.93 bits per heavy atom. The minimum atomic E-state index is -0.0892. The molecule has 0 bridgehead atoms. The molecule has 0 unspecified atom stereocenters. The SMILES string of the molecule is CCOc1ccccc1NC(=O)N1CCN(c2nc3ccc(CC)cc3s2)CC1. The Kier molecular flexibility index (Phi) is 5.85. The van der Waals surface area contributed by atoms with Crippen LogP contribution in [0.1, 0.15) is 19.4 Å². The summed E-state index contributed by atoms with van der Waals surface area (Å²) in [5.74, 6) is 0.697. The van der Waals surface area contributed by atoms with Gasteiger partial charge in [-0.3, -0.25) is 0 Å². The highest BCUT2D eigenvalue weighted by atomic mass is 32.1. The lowest BCUT2D eigenvalue weighted by molar-refractivity contribution is 0.208. The van der Waals surface area contributed by atoms with Crippen LogP contribution in [0.5, 0.6) is 5.75 Å². The number of aryl methyl sites for hydroxylation is 1. The number of aromatic nitrogens is 1. The maximum atomic E-state index is 12.7. The van der Waals surface area contributed by atoms with Crippen LogP contribution in [0.15, 0.2) is 42.5 Å². The molecule has 1 saturated heterocycles. The van der Waals surface area contributed by atoms with E-state index < -0.39 is 0 Å². The zero-order valence-corrected chi connectivity index (χ0v) is 17.7. The first-order valence-corrected chi connectivity index (χ1v) is 10.9. The molecule has 1 aliphatic rings. The number of rotatable bonds is 5. The van der Waals surface area contributed by atoms with Crippen molar-refractivity contribution in [2.45, 2.75) is 20.3 Å². The highest BCUT2D eigenvalue weighted by Gasteiger charge is 2.23. The first-order chi connectivity index (χ1) is 14.2. The fourth-order valence-electron chi connectivity index (χ4n) is 3.46. The molecule has 0 aliphatic carbocycles. The maximum absolute atomic E-state index is 12.7. The van der Waals surface area contributed by atoms with Gasteiger partial charge < -0.3 is 19.9 Å². The highest BCUT2D eigenvalue weighted by molar-refractivity contribution is 7.22. The number of nitrogens with zero attached hydrogens (tertiary/aromatic N) is 3. The number of hydrogen-bond donors (Lipinski definition) is 1. The summed E-state index contributed by atoms with van der Waals surface area (Å²) in [7, 11) is 0. The smallest absolute Gasteiger partial charge is 0.322 e. The van der Waals surface area contributed by atoms with E-state index >= 15 is 0 Å². The largest absolute Gasteiger partial charge is 0.492 e. The zero-order valence-electron chi connectivity index (χ0n) is 16.9. The average Bonchev–Trinajstić information content (AvgIpc) is 3.18. The van der Waals surface area contributed by atoms with E-state index in [9.17, 15) is 4.79 Å². The van der Waals surface area contributed by atoms with Crippen LogP contribution in [0.4, 0.5) is 15.6 Å². The fraction of sp³-hybridized carbons (Fsp3) is 0.364. The van der Waals surface area contributed by atoms with E-state index in [-0.39, 0.29) is 6.03 Å². The number of piperazine rings is 1. The number of benzene rings is 2. The lowest BCUT2D eigenvalue weighted by atomic mass is 10.2. The monoisotopic (exact) mass is 410 g/mol. The molecule has 0 atom stereocenters. The predicted octanol–water partition coefficient (Wildman–Crippen LogP) is 4.61. The molecule has 152 valence electrons. The number of thiazole rings is 1. The number of hydrogen-bond acceptors (Lipinski definition) is 5. The van der Waals surface area contributed by atoms with E-state index in [2.05, 4.69) is 35.3 Å². The van der Waals surface area contributed by atoms with E-state index in [4.69, 9.17) is 9.72 Å². The van der Waals surface area contributed by atoms with Gasteiger partial charge in [0.2, 0.25) is 0 Å². The van der Waals surface area contributed by atoms with Gasteiger partial charge in [-0.25, -0.2) is 9.78 Å². The molecule has 0 saturated carbocycles. The number of para-hydroxylation sites is 2. The van der Waals surface area contributed by atoms with Gasteiger partial charge in [-0.1, -0.05) is 36.5 Å². The Balaban J connectivity index is 1.38. The molecule has 7 heteroatoms. The number of anilines is 2. The molecule has 1 N–H and O–H groups in total. The molecule has 6 nitrogen and oxygen atoms in total. The molecule has 1 aliphatic heterocycles. The van der Waals surface area contributed by atoms with Gasteiger partial charge in [0.1, 0.15) is 5.75 Å². The van der Waals surface area contributed by atoms with E-state index in [1.54, 1.807) is 11.3 Å². The third kappa shape index (κ3) is 4.29. The van der Waals surface area contributed by atoms with Gasteiger partial charge in [-0.05, 0) is 43.2 Å². The van der Waals surface area contributed by atoms with Crippen LogP contribution in [-0.2, 0) is 6.42 Å². The summed E-state index contributed by atoms with van der Waals surface area (Å²) < 4.78 is 6.83. The minimum Gasteiger partial charge on any atom is -0.492 e. The van der Waals surface area contributed by atoms with E-state index in [1.807, 2.05) is 36.1 Å². The Morgan fingerprint density at radius 3 is 2.69 bits per heavy atom. The van der Waals surface area contributed by atoms with Crippen molar-refractivity contribution < 1.29 is 9.53 Å². The molecular weight excluding hydrogens is 384 g/mol. The van der Waals surface area contributed by atoms with Crippen molar-refractivity contribution in [1.82, 2.24) is 9.88 Å². The number of amides is 2. The van der Waals surface area contributed by atoms with Crippen molar-refractivity contribution >= 4 is 38.4 Å². The predicted molar refractivity (Wildman–Crippen MR) is 119 cm³/mol. The second-order valence-corrected chi connectivity index (χ2v) is 7.99. The number of urea groups is 1. The zero-order chi connectivity index (χ0) is 20.2. The van der Waals surface area contributed by atoms with Crippen molar-refractivity contribution in [3.8, 4) is 5.75 Å². The Bertz CT molecular complexity index is 995. The first kappa shape index (κ1) is 19.5. The molecule has 0 spiro atoms. The molecule has 0 radical (unpaired) electrons. The number of nitrogens with one attached hydrogen (secondary N) is 1. The van der Waals surface area contributed by atoms with Crippen molar-refractivity contribution in [3.05, 3.63) is 48.0 Å². The molecule has 2 amide bonds. The van der Waals surface area contributed by atoms with Gasteiger partial charge in [-0.15, -0.1) is 0 Å². The summed E-state index contributed by atoms with van der Waals surface area (Å²) in [6.07, 6.45) is 1.03. The number of carbonyl (C=O) groups is 1. The summed E-state index contributed by atoms with van der Waals surface area (Å²) in [6, 6.07) is 13.9. The highest BCUT2D eigenvalue weighted by Crippen LogP contribution is 2.30. The topological polar surface area (TPSA) is 57.7 Å². The van der Waals surface area contributed by atoms with Crippen LogP contribution >= 0.6 is 11.3 Å². The van der Waals surface area contributed by atoms with Crippen LogP contribution in [0.3, 0.4) is 0 Å². The number of ether oxygens (including phenoxy) is 1. The average molecular weight is 411 g/mol. The summed E-state index contributed by atoms with van der Waals surface area (Å²) in [6.45, 7) is 7.55. The van der Waals surface area contributed by atoms with Gasteiger partial charge >= 0.3 is 6.03 Å².